The third kappa shape index (κ3) is 6.03. The van der Waals surface area contributed by atoms with Gasteiger partial charge >= 0.3 is 6.03 Å². The van der Waals surface area contributed by atoms with E-state index in [1.54, 1.807) is 18.2 Å². The molecule has 0 aliphatic heterocycles. The summed E-state index contributed by atoms with van der Waals surface area (Å²) in [4.78, 5) is 23.6. The maximum atomic E-state index is 13.6. The Morgan fingerprint density at radius 2 is 1.79 bits per heavy atom. The lowest BCUT2D eigenvalue weighted by Crippen LogP contribution is -2.39. The molecule has 3 amide bonds. The Hall–Kier alpha value is -2.98. The number of amides is 3. The van der Waals surface area contributed by atoms with Gasteiger partial charge in [0.2, 0.25) is 11.0 Å². The van der Waals surface area contributed by atoms with Gasteiger partial charge in [0, 0.05) is 6.54 Å². The zero-order valence-corrected chi connectivity index (χ0v) is 16.1. The van der Waals surface area contributed by atoms with E-state index in [0.717, 1.165) is 17.3 Å². The molecule has 3 rings (SSSR count). The molecule has 1 heterocycles. The first-order valence-electron chi connectivity index (χ1n) is 8.19. The fourth-order valence-electron chi connectivity index (χ4n) is 2.11. The predicted molar refractivity (Wildman–Crippen MR) is 107 cm³/mol. The van der Waals surface area contributed by atoms with Crippen LogP contribution in [0.15, 0.2) is 58.9 Å². The molecule has 28 heavy (non-hydrogen) atoms. The summed E-state index contributed by atoms with van der Waals surface area (Å²) in [6.07, 6.45) is 0. The molecule has 0 saturated heterocycles. The summed E-state index contributed by atoms with van der Waals surface area (Å²) in [7, 11) is 0. The minimum absolute atomic E-state index is 0.00703. The van der Waals surface area contributed by atoms with Crippen molar-refractivity contribution in [2.45, 2.75) is 10.9 Å². The third-order valence-corrected chi connectivity index (χ3v) is 5.37. The smallest absolute Gasteiger partial charge is 0.321 e. The van der Waals surface area contributed by atoms with Crippen molar-refractivity contribution in [3.8, 4) is 0 Å². The Labute approximate surface area is 168 Å². The van der Waals surface area contributed by atoms with Crippen molar-refractivity contribution in [2.75, 3.05) is 11.1 Å². The molecule has 0 aliphatic carbocycles. The Kier molecular flexibility index (Phi) is 6.93. The van der Waals surface area contributed by atoms with Crippen LogP contribution in [-0.2, 0) is 11.3 Å². The van der Waals surface area contributed by atoms with E-state index >= 15 is 0 Å². The van der Waals surface area contributed by atoms with Crippen molar-refractivity contribution in [1.82, 2.24) is 20.8 Å². The van der Waals surface area contributed by atoms with Crippen molar-refractivity contribution in [2.24, 2.45) is 0 Å². The highest BCUT2D eigenvalue weighted by atomic mass is 32.2. The second-order valence-electron chi connectivity index (χ2n) is 5.48. The highest BCUT2D eigenvalue weighted by Gasteiger charge is 2.12. The maximum Gasteiger partial charge on any atom is 0.321 e. The lowest BCUT2D eigenvalue weighted by atomic mass is 10.2. The van der Waals surface area contributed by atoms with Crippen LogP contribution in [0, 0.1) is 5.82 Å². The summed E-state index contributed by atoms with van der Waals surface area (Å²) in [6.45, 7) is 0.328. The zero-order chi connectivity index (χ0) is 19.8. The van der Waals surface area contributed by atoms with E-state index in [1.807, 2.05) is 30.3 Å². The van der Waals surface area contributed by atoms with Crippen molar-refractivity contribution >= 4 is 45.9 Å². The van der Waals surface area contributed by atoms with E-state index in [-0.39, 0.29) is 5.75 Å². The van der Waals surface area contributed by atoms with Gasteiger partial charge in [-0.1, -0.05) is 65.6 Å². The largest absolute Gasteiger partial charge is 0.334 e. The summed E-state index contributed by atoms with van der Waals surface area (Å²) in [5.41, 5.74) is 1.23. The summed E-state index contributed by atoms with van der Waals surface area (Å²) in [6, 6.07) is 15.0. The molecule has 0 aliphatic rings. The van der Waals surface area contributed by atoms with Gasteiger partial charge in [-0.05, 0) is 17.7 Å². The number of rotatable bonds is 7. The van der Waals surface area contributed by atoms with Crippen molar-refractivity contribution in [1.29, 1.82) is 0 Å². The molecule has 0 saturated carbocycles. The molecule has 0 spiro atoms. The molecule has 2 aromatic carbocycles. The van der Waals surface area contributed by atoms with Crippen LogP contribution >= 0.6 is 23.1 Å². The van der Waals surface area contributed by atoms with Crippen LogP contribution < -0.4 is 16.0 Å². The molecule has 0 atom stereocenters. The fourth-order valence-corrected chi connectivity index (χ4v) is 3.67. The van der Waals surface area contributed by atoms with E-state index in [1.165, 1.54) is 17.4 Å². The number of benzene rings is 2. The number of para-hydroxylation sites is 1. The molecule has 10 heteroatoms. The highest BCUT2D eigenvalue weighted by Crippen LogP contribution is 2.28. The number of hydrogen-bond donors (Lipinski definition) is 3. The number of nitrogens with one attached hydrogen (secondary N) is 3. The third-order valence-electron chi connectivity index (χ3n) is 3.40. The van der Waals surface area contributed by atoms with Gasteiger partial charge in [-0.25, -0.2) is 9.18 Å². The van der Waals surface area contributed by atoms with Crippen LogP contribution in [0.2, 0.25) is 0 Å². The second kappa shape index (κ2) is 9.81. The molecule has 0 bridgehead atoms. The van der Waals surface area contributed by atoms with Crippen molar-refractivity contribution in [3.63, 3.8) is 0 Å². The van der Waals surface area contributed by atoms with Crippen LogP contribution in [0.3, 0.4) is 0 Å². The number of aromatic nitrogens is 2. The summed E-state index contributed by atoms with van der Waals surface area (Å²) in [5.74, 6) is -0.838. The van der Waals surface area contributed by atoms with E-state index in [4.69, 9.17) is 0 Å². The normalized spacial score (nSPS) is 10.3. The van der Waals surface area contributed by atoms with Gasteiger partial charge in [-0.3, -0.25) is 10.1 Å². The Balaban J connectivity index is 1.41. The molecular weight excluding hydrogens is 401 g/mol. The average Bonchev–Trinajstić information content (AvgIpc) is 3.15. The number of hydrogen-bond acceptors (Lipinski definition) is 7. The number of carbonyl (C=O) groups is 2. The number of carbonyl (C=O) groups excluding carboxylic acids is 2. The molecule has 1 aromatic heterocycles. The zero-order valence-electron chi connectivity index (χ0n) is 14.5. The van der Waals surface area contributed by atoms with Gasteiger partial charge in [-0.15, -0.1) is 10.2 Å². The lowest BCUT2D eigenvalue weighted by Gasteiger charge is -2.06. The topological polar surface area (TPSA) is 96.0 Å². The van der Waals surface area contributed by atoms with Gasteiger partial charge < -0.3 is 10.6 Å². The quantitative estimate of drug-likeness (QED) is 0.509. The number of halogens is 1. The summed E-state index contributed by atoms with van der Waals surface area (Å²) < 4.78 is 14.2. The van der Waals surface area contributed by atoms with Gasteiger partial charge in [0.15, 0.2) is 4.34 Å². The molecule has 144 valence electrons. The summed E-state index contributed by atoms with van der Waals surface area (Å²) in [5, 5.41) is 16.0. The van der Waals surface area contributed by atoms with E-state index in [9.17, 15) is 14.0 Å². The number of imide groups is 1. The molecule has 7 nitrogen and oxygen atoms in total. The number of anilines is 2. The Bertz CT molecular complexity index is 952. The predicted octanol–water partition coefficient (Wildman–Crippen LogP) is 3.54. The molecule has 0 radical (unpaired) electrons. The van der Waals surface area contributed by atoms with Crippen LogP contribution in [0.1, 0.15) is 5.56 Å². The van der Waals surface area contributed by atoms with Gasteiger partial charge in [-0.2, -0.15) is 0 Å². The molecule has 0 fully saturated rings. The van der Waals surface area contributed by atoms with Gasteiger partial charge in [0.05, 0.1) is 11.4 Å². The van der Waals surface area contributed by atoms with E-state index in [0.29, 0.717) is 21.7 Å². The van der Waals surface area contributed by atoms with Crippen molar-refractivity contribution < 1.29 is 14.0 Å². The van der Waals surface area contributed by atoms with Crippen LogP contribution in [0.4, 0.5) is 20.0 Å². The average molecular weight is 417 g/mol. The number of urea groups is 1. The molecule has 3 N–H and O–H groups in total. The number of thioether (sulfide) groups is 1. The molecule has 3 aromatic rings. The lowest BCUT2D eigenvalue weighted by molar-refractivity contribution is -0.117. The first-order valence-corrected chi connectivity index (χ1v) is 10.00. The van der Waals surface area contributed by atoms with E-state index in [2.05, 4.69) is 26.1 Å². The van der Waals surface area contributed by atoms with Crippen LogP contribution in [0.5, 0.6) is 0 Å². The fraction of sp³-hybridized carbons (Fsp3) is 0.111. The first-order chi connectivity index (χ1) is 13.6. The molecule has 0 unspecified atom stereocenters. The van der Waals surface area contributed by atoms with Crippen LogP contribution in [0.25, 0.3) is 0 Å². The van der Waals surface area contributed by atoms with Gasteiger partial charge in [0.25, 0.3) is 0 Å². The minimum atomic E-state index is -0.561. The Morgan fingerprint density at radius 3 is 2.57 bits per heavy atom. The molecular formula is C18H16FN5O2S2. The summed E-state index contributed by atoms with van der Waals surface area (Å²) >= 11 is 2.33. The van der Waals surface area contributed by atoms with Gasteiger partial charge in [0.1, 0.15) is 5.82 Å². The second-order valence-corrected chi connectivity index (χ2v) is 7.68. The monoisotopic (exact) mass is 417 g/mol. The van der Waals surface area contributed by atoms with Crippen LogP contribution in [-0.4, -0.2) is 27.9 Å². The van der Waals surface area contributed by atoms with E-state index < -0.39 is 17.8 Å². The highest BCUT2D eigenvalue weighted by molar-refractivity contribution is 8.01. The van der Waals surface area contributed by atoms with Crippen molar-refractivity contribution in [3.05, 3.63) is 66.0 Å². The first kappa shape index (κ1) is 19.8. The standard InChI is InChI=1S/C18H16FN5O2S2/c19-13-8-4-5-9-14(13)21-17-23-24-18(28-17)27-11-15(25)22-16(26)20-10-12-6-2-1-3-7-12/h1-9H,10-11H2,(H,21,23)(H2,20,22,25,26). The SMILES string of the molecule is O=C(CSc1nnc(Nc2ccccc2F)s1)NC(=O)NCc1ccccc1. The minimum Gasteiger partial charge on any atom is -0.334 e. The Morgan fingerprint density at radius 1 is 1.04 bits per heavy atom. The number of nitrogens with zero attached hydrogens (tertiary/aromatic N) is 2. The maximum absolute atomic E-state index is 13.6.